The second-order valence-electron chi connectivity index (χ2n) is 6.05. The highest BCUT2D eigenvalue weighted by Crippen LogP contribution is 2.17. The van der Waals surface area contributed by atoms with E-state index in [9.17, 15) is 9.59 Å². The highest BCUT2D eigenvalue weighted by atomic mass is 16.1. The molecule has 0 aliphatic heterocycles. The van der Waals surface area contributed by atoms with Crippen molar-refractivity contribution < 1.29 is 9.59 Å². The Morgan fingerprint density at radius 2 is 1.48 bits per heavy atom. The van der Waals surface area contributed by atoms with Gasteiger partial charge >= 0.3 is 0 Å². The number of ketones is 1. The predicted octanol–water partition coefficient (Wildman–Crippen LogP) is 4.79. The highest BCUT2D eigenvalue weighted by Gasteiger charge is 2.12. The largest absolute Gasteiger partial charge is 0.322 e. The first-order chi connectivity index (χ1) is 12.0. The van der Waals surface area contributed by atoms with Crippen molar-refractivity contribution in [2.45, 2.75) is 13.8 Å². The van der Waals surface area contributed by atoms with Crippen molar-refractivity contribution in [3.05, 3.63) is 101 Å². The first-order valence-electron chi connectivity index (χ1n) is 8.13. The maximum Gasteiger partial charge on any atom is 0.255 e. The normalized spacial score (nSPS) is 10.3. The van der Waals surface area contributed by atoms with E-state index in [0.717, 1.165) is 11.1 Å². The molecule has 0 saturated heterocycles. The fourth-order valence-corrected chi connectivity index (χ4v) is 2.67. The molecule has 0 atom stereocenters. The van der Waals surface area contributed by atoms with Crippen LogP contribution in [-0.2, 0) is 0 Å². The number of anilines is 1. The van der Waals surface area contributed by atoms with Crippen LogP contribution in [0.1, 0.15) is 37.4 Å². The topological polar surface area (TPSA) is 46.2 Å². The summed E-state index contributed by atoms with van der Waals surface area (Å²) < 4.78 is 0. The molecule has 1 N–H and O–H groups in total. The zero-order valence-electron chi connectivity index (χ0n) is 14.2. The molecule has 0 heterocycles. The van der Waals surface area contributed by atoms with Gasteiger partial charge in [-0.3, -0.25) is 9.59 Å². The minimum Gasteiger partial charge on any atom is -0.322 e. The van der Waals surface area contributed by atoms with Crippen LogP contribution in [0, 0.1) is 13.8 Å². The van der Waals surface area contributed by atoms with Crippen molar-refractivity contribution in [1.82, 2.24) is 0 Å². The summed E-state index contributed by atoms with van der Waals surface area (Å²) in [6.45, 7) is 3.86. The van der Waals surface area contributed by atoms with Crippen molar-refractivity contribution in [2.24, 2.45) is 0 Å². The molecule has 0 radical (unpaired) electrons. The van der Waals surface area contributed by atoms with Crippen LogP contribution in [0.5, 0.6) is 0 Å². The van der Waals surface area contributed by atoms with Crippen LogP contribution in [-0.4, -0.2) is 11.7 Å². The standard InChI is InChI=1S/C22H19NO2/c1-15-11-12-16(2)20(13-15)22(25)23-19-10-6-9-18(14-19)21(24)17-7-4-3-5-8-17/h3-14H,1-2H3,(H,23,25). The maximum absolute atomic E-state index is 12.5. The SMILES string of the molecule is Cc1ccc(C)c(C(=O)Nc2cccc(C(=O)c3ccccc3)c2)c1. The number of aryl methyl sites for hydroxylation is 2. The minimum atomic E-state index is -0.175. The van der Waals surface area contributed by atoms with Gasteiger partial charge in [-0.1, -0.05) is 60.2 Å². The Hall–Kier alpha value is -3.20. The Morgan fingerprint density at radius 3 is 2.24 bits per heavy atom. The van der Waals surface area contributed by atoms with Crippen LogP contribution in [0.25, 0.3) is 0 Å². The lowest BCUT2D eigenvalue weighted by Gasteiger charge is -2.10. The second-order valence-corrected chi connectivity index (χ2v) is 6.05. The molecule has 0 fully saturated rings. The molecule has 3 heteroatoms. The summed E-state index contributed by atoms with van der Waals surface area (Å²) in [5, 5.41) is 2.88. The van der Waals surface area contributed by atoms with E-state index in [4.69, 9.17) is 0 Å². The molecule has 3 rings (SSSR count). The molecular formula is C22H19NO2. The third kappa shape index (κ3) is 3.83. The molecule has 1 amide bonds. The molecule has 0 unspecified atom stereocenters. The van der Waals surface area contributed by atoms with Crippen LogP contribution in [0.15, 0.2) is 72.8 Å². The van der Waals surface area contributed by atoms with E-state index in [1.807, 2.05) is 50.2 Å². The number of nitrogens with one attached hydrogen (secondary N) is 1. The van der Waals surface area contributed by atoms with E-state index in [2.05, 4.69) is 5.32 Å². The molecule has 3 aromatic carbocycles. The van der Waals surface area contributed by atoms with Crippen LogP contribution in [0.2, 0.25) is 0 Å². The fraction of sp³-hybridized carbons (Fsp3) is 0.0909. The molecule has 3 aromatic rings. The van der Waals surface area contributed by atoms with Crippen molar-refractivity contribution in [2.75, 3.05) is 5.32 Å². The molecule has 0 saturated carbocycles. The van der Waals surface area contributed by atoms with Gasteiger partial charge in [-0.2, -0.15) is 0 Å². The van der Waals surface area contributed by atoms with Gasteiger partial charge in [0.05, 0.1) is 0 Å². The lowest BCUT2D eigenvalue weighted by molar-refractivity contribution is 0.102. The molecule has 3 nitrogen and oxygen atoms in total. The zero-order valence-corrected chi connectivity index (χ0v) is 14.2. The summed E-state index contributed by atoms with van der Waals surface area (Å²) in [5.74, 6) is -0.242. The van der Waals surface area contributed by atoms with Crippen molar-refractivity contribution in [1.29, 1.82) is 0 Å². The lowest BCUT2D eigenvalue weighted by Crippen LogP contribution is -2.14. The maximum atomic E-state index is 12.5. The van der Waals surface area contributed by atoms with Gasteiger partial charge in [-0.25, -0.2) is 0 Å². The van der Waals surface area contributed by atoms with Crippen molar-refractivity contribution in [3.63, 3.8) is 0 Å². The van der Waals surface area contributed by atoms with Crippen LogP contribution in [0.3, 0.4) is 0 Å². The van der Waals surface area contributed by atoms with Gasteiger partial charge in [0.25, 0.3) is 5.91 Å². The van der Waals surface area contributed by atoms with Gasteiger partial charge in [0.15, 0.2) is 5.78 Å². The van der Waals surface area contributed by atoms with E-state index in [1.165, 1.54) is 0 Å². The van der Waals surface area contributed by atoms with Crippen LogP contribution in [0.4, 0.5) is 5.69 Å². The smallest absolute Gasteiger partial charge is 0.255 e. The molecule has 0 spiro atoms. The third-order valence-electron chi connectivity index (χ3n) is 4.06. The first kappa shape index (κ1) is 16.7. The van der Waals surface area contributed by atoms with Gasteiger partial charge in [-0.15, -0.1) is 0 Å². The summed E-state index contributed by atoms with van der Waals surface area (Å²) in [6, 6.07) is 21.9. The Morgan fingerprint density at radius 1 is 0.760 bits per heavy atom. The van der Waals surface area contributed by atoms with Gasteiger partial charge < -0.3 is 5.32 Å². The molecular weight excluding hydrogens is 310 g/mol. The molecule has 0 aromatic heterocycles. The van der Waals surface area contributed by atoms with Gasteiger partial charge in [0.1, 0.15) is 0 Å². The number of carbonyl (C=O) groups is 2. The van der Waals surface area contributed by atoms with Crippen LogP contribution >= 0.6 is 0 Å². The average Bonchev–Trinajstić information content (AvgIpc) is 2.64. The van der Waals surface area contributed by atoms with Crippen LogP contribution < -0.4 is 5.32 Å². The monoisotopic (exact) mass is 329 g/mol. The third-order valence-corrected chi connectivity index (χ3v) is 4.06. The second kappa shape index (κ2) is 7.14. The Kier molecular flexibility index (Phi) is 4.75. The van der Waals surface area contributed by atoms with E-state index in [0.29, 0.717) is 22.4 Å². The predicted molar refractivity (Wildman–Crippen MR) is 100 cm³/mol. The van der Waals surface area contributed by atoms with Gasteiger partial charge in [0.2, 0.25) is 0 Å². The number of hydrogen-bond donors (Lipinski definition) is 1. The number of amides is 1. The highest BCUT2D eigenvalue weighted by molar-refractivity contribution is 6.10. The summed E-state index contributed by atoms with van der Waals surface area (Å²) in [7, 11) is 0. The number of carbonyl (C=O) groups excluding carboxylic acids is 2. The zero-order chi connectivity index (χ0) is 17.8. The lowest BCUT2D eigenvalue weighted by atomic mass is 10.0. The van der Waals surface area contributed by atoms with Crippen molar-refractivity contribution in [3.8, 4) is 0 Å². The molecule has 124 valence electrons. The first-order valence-corrected chi connectivity index (χ1v) is 8.13. The summed E-state index contributed by atoms with van der Waals surface area (Å²) in [5.41, 5.74) is 4.36. The molecule has 0 bridgehead atoms. The van der Waals surface area contributed by atoms with E-state index >= 15 is 0 Å². The minimum absolute atomic E-state index is 0.0663. The van der Waals surface area contributed by atoms with E-state index < -0.39 is 0 Å². The summed E-state index contributed by atoms with van der Waals surface area (Å²) in [6.07, 6.45) is 0. The summed E-state index contributed by atoms with van der Waals surface area (Å²) >= 11 is 0. The van der Waals surface area contributed by atoms with Gasteiger partial charge in [-0.05, 0) is 37.6 Å². The Labute approximate surface area is 147 Å². The van der Waals surface area contributed by atoms with Gasteiger partial charge in [0, 0.05) is 22.4 Å². The number of rotatable bonds is 4. The molecule has 25 heavy (non-hydrogen) atoms. The average molecular weight is 329 g/mol. The van der Waals surface area contributed by atoms with Crippen molar-refractivity contribution >= 4 is 17.4 Å². The Balaban J connectivity index is 1.83. The fourth-order valence-electron chi connectivity index (χ4n) is 2.67. The Bertz CT molecular complexity index is 930. The summed E-state index contributed by atoms with van der Waals surface area (Å²) in [4.78, 5) is 25.1. The number of benzene rings is 3. The van der Waals surface area contributed by atoms with E-state index in [-0.39, 0.29) is 11.7 Å². The molecule has 0 aliphatic rings. The van der Waals surface area contributed by atoms with E-state index in [1.54, 1.807) is 36.4 Å². The number of hydrogen-bond acceptors (Lipinski definition) is 2. The quantitative estimate of drug-likeness (QED) is 0.700. The molecule has 0 aliphatic carbocycles.